The number of carbonyl (C=O) groups is 1. The van der Waals surface area contributed by atoms with Gasteiger partial charge in [-0.05, 0) is 12.8 Å². The summed E-state index contributed by atoms with van der Waals surface area (Å²) in [4.78, 5) is 25.7. The van der Waals surface area contributed by atoms with Crippen LogP contribution in [0.15, 0.2) is 22.2 Å². The van der Waals surface area contributed by atoms with Gasteiger partial charge < -0.3 is 14.4 Å². The molecular formula is C13H18N2O4S. The first-order chi connectivity index (χ1) is 9.65. The van der Waals surface area contributed by atoms with Crippen molar-refractivity contribution < 1.29 is 14.6 Å². The van der Waals surface area contributed by atoms with Crippen molar-refractivity contribution in [2.75, 3.05) is 12.4 Å². The van der Waals surface area contributed by atoms with Crippen LogP contribution in [-0.4, -0.2) is 39.1 Å². The molecule has 7 heteroatoms. The van der Waals surface area contributed by atoms with Crippen LogP contribution in [0.4, 0.5) is 0 Å². The van der Waals surface area contributed by atoms with Crippen molar-refractivity contribution in [2.45, 2.75) is 43.5 Å². The van der Waals surface area contributed by atoms with Crippen LogP contribution < -0.4 is 5.56 Å². The lowest BCUT2D eigenvalue weighted by molar-refractivity contribution is -0.133. The van der Waals surface area contributed by atoms with E-state index in [1.165, 1.54) is 18.9 Å². The lowest BCUT2D eigenvalue weighted by Gasteiger charge is -2.14. The second kappa shape index (κ2) is 7.44. The smallest absolute Gasteiger partial charge is 0.313 e. The fourth-order valence-corrected chi connectivity index (χ4v) is 2.92. The SMILES string of the molecule is O=C(O)CSc1nc(=O)ccn1CCOC1CCCC1. The van der Waals surface area contributed by atoms with Crippen LogP contribution >= 0.6 is 11.8 Å². The van der Waals surface area contributed by atoms with E-state index in [0.29, 0.717) is 24.4 Å². The van der Waals surface area contributed by atoms with Crippen LogP contribution in [0.1, 0.15) is 25.7 Å². The molecule has 1 saturated carbocycles. The van der Waals surface area contributed by atoms with Gasteiger partial charge in [0.1, 0.15) is 0 Å². The number of thioether (sulfide) groups is 1. The summed E-state index contributed by atoms with van der Waals surface area (Å²) in [6.07, 6.45) is 6.66. The molecule has 2 rings (SSSR count). The first kappa shape index (κ1) is 15.1. The predicted molar refractivity (Wildman–Crippen MR) is 75.1 cm³/mol. The van der Waals surface area contributed by atoms with Gasteiger partial charge in [-0.1, -0.05) is 24.6 Å². The standard InChI is InChI=1S/C13H18N2O4S/c16-11-5-6-15(13(14-11)20-9-12(17)18)7-8-19-10-3-1-2-4-10/h5-6,10H,1-4,7-9H2,(H,17,18). The Morgan fingerprint density at radius 2 is 2.25 bits per heavy atom. The van der Waals surface area contributed by atoms with E-state index >= 15 is 0 Å². The van der Waals surface area contributed by atoms with Gasteiger partial charge in [-0.15, -0.1) is 0 Å². The number of hydrogen-bond acceptors (Lipinski definition) is 5. The number of rotatable bonds is 7. The van der Waals surface area contributed by atoms with E-state index < -0.39 is 5.97 Å². The van der Waals surface area contributed by atoms with E-state index in [9.17, 15) is 9.59 Å². The van der Waals surface area contributed by atoms with Gasteiger partial charge in [-0.2, -0.15) is 4.98 Å². The molecule has 20 heavy (non-hydrogen) atoms. The quantitative estimate of drug-likeness (QED) is 0.605. The minimum absolute atomic E-state index is 0.111. The Morgan fingerprint density at radius 3 is 2.95 bits per heavy atom. The summed E-state index contributed by atoms with van der Waals surface area (Å²) in [5, 5.41) is 9.12. The fourth-order valence-electron chi connectivity index (χ4n) is 2.20. The lowest BCUT2D eigenvalue weighted by Crippen LogP contribution is -2.18. The zero-order valence-corrected chi connectivity index (χ0v) is 12.0. The molecule has 0 bridgehead atoms. The third-order valence-electron chi connectivity index (χ3n) is 3.16. The molecule has 0 radical (unpaired) electrons. The third kappa shape index (κ3) is 4.64. The maximum absolute atomic E-state index is 11.3. The Balaban J connectivity index is 1.91. The van der Waals surface area contributed by atoms with E-state index in [4.69, 9.17) is 9.84 Å². The molecule has 1 aromatic heterocycles. The minimum Gasteiger partial charge on any atom is -0.481 e. The number of carboxylic acids is 1. The Hall–Kier alpha value is -1.34. The highest BCUT2D eigenvalue weighted by Crippen LogP contribution is 2.21. The van der Waals surface area contributed by atoms with Crippen LogP contribution in [0, 0.1) is 0 Å². The Morgan fingerprint density at radius 1 is 1.50 bits per heavy atom. The monoisotopic (exact) mass is 298 g/mol. The average Bonchev–Trinajstić information content (AvgIpc) is 2.91. The number of nitrogens with zero attached hydrogens (tertiary/aromatic N) is 2. The second-order valence-corrected chi connectivity index (χ2v) is 5.64. The molecule has 6 nitrogen and oxygen atoms in total. The first-order valence-electron chi connectivity index (χ1n) is 6.69. The lowest BCUT2D eigenvalue weighted by atomic mass is 10.3. The fraction of sp³-hybridized carbons (Fsp3) is 0.615. The molecule has 1 N–H and O–H groups in total. The molecule has 1 heterocycles. The van der Waals surface area contributed by atoms with Crippen molar-refractivity contribution in [1.82, 2.24) is 9.55 Å². The highest BCUT2D eigenvalue weighted by Gasteiger charge is 2.15. The molecule has 1 aliphatic carbocycles. The van der Waals surface area contributed by atoms with Crippen molar-refractivity contribution in [3.63, 3.8) is 0 Å². The molecule has 0 saturated heterocycles. The average molecular weight is 298 g/mol. The van der Waals surface area contributed by atoms with Crippen LogP contribution in [0.25, 0.3) is 0 Å². The maximum atomic E-state index is 11.3. The number of hydrogen-bond donors (Lipinski definition) is 1. The number of carboxylic acid groups (broad SMARTS) is 1. The molecule has 1 fully saturated rings. The van der Waals surface area contributed by atoms with Crippen molar-refractivity contribution in [3.8, 4) is 0 Å². The molecule has 1 aliphatic rings. The van der Waals surface area contributed by atoms with Gasteiger partial charge in [-0.25, -0.2) is 0 Å². The normalized spacial score (nSPS) is 15.6. The third-order valence-corrected chi connectivity index (χ3v) is 4.14. The van der Waals surface area contributed by atoms with Gasteiger partial charge in [0.2, 0.25) is 0 Å². The van der Waals surface area contributed by atoms with Crippen molar-refractivity contribution in [3.05, 3.63) is 22.6 Å². The summed E-state index contributed by atoms with van der Waals surface area (Å²) < 4.78 is 7.53. The summed E-state index contributed by atoms with van der Waals surface area (Å²) in [6.45, 7) is 1.13. The first-order valence-corrected chi connectivity index (χ1v) is 7.67. The zero-order valence-electron chi connectivity index (χ0n) is 11.2. The zero-order chi connectivity index (χ0) is 14.4. The van der Waals surface area contributed by atoms with Gasteiger partial charge in [0.15, 0.2) is 5.16 Å². The number of aliphatic carboxylic acids is 1. The second-order valence-electron chi connectivity index (χ2n) is 4.70. The molecule has 0 unspecified atom stereocenters. The molecular weight excluding hydrogens is 280 g/mol. The number of aromatic nitrogens is 2. The Labute approximate surface area is 121 Å². The van der Waals surface area contributed by atoms with E-state index in [2.05, 4.69) is 4.98 Å². The molecule has 0 atom stereocenters. The topological polar surface area (TPSA) is 81.4 Å². The van der Waals surface area contributed by atoms with E-state index in [0.717, 1.165) is 24.6 Å². The van der Waals surface area contributed by atoms with Crippen LogP contribution in [0.5, 0.6) is 0 Å². The van der Waals surface area contributed by atoms with Gasteiger partial charge >= 0.3 is 5.97 Å². The molecule has 0 aliphatic heterocycles. The summed E-state index contributed by atoms with van der Waals surface area (Å²) >= 11 is 1.05. The largest absolute Gasteiger partial charge is 0.481 e. The highest BCUT2D eigenvalue weighted by atomic mass is 32.2. The van der Waals surface area contributed by atoms with Gasteiger partial charge in [0.05, 0.1) is 18.5 Å². The molecule has 0 amide bonds. The summed E-state index contributed by atoms with van der Waals surface area (Å²) in [7, 11) is 0. The van der Waals surface area contributed by atoms with Crippen LogP contribution in [0.3, 0.4) is 0 Å². The van der Waals surface area contributed by atoms with Crippen LogP contribution in [0.2, 0.25) is 0 Å². The summed E-state index contributed by atoms with van der Waals surface area (Å²) in [5.74, 6) is -1.04. The molecule has 0 spiro atoms. The van der Waals surface area contributed by atoms with Crippen LogP contribution in [-0.2, 0) is 16.1 Å². The minimum atomic E-state index is -0.929. The van der Waals surface area contributed by atoms with Gasteiger partial charge in [0, 0.05) is 18.8 Å². The van der Waals surface area contributed by atoms with Crippen molar-refractivity contribution in [2.24, 2.45) is 0 Å². The highest BCUT2D eigenvalue weighted by molar-refractivity contribution is 7.99. The molecule has 1 aromatic rings. The van der Waals surface area contributed by atoms with Gasteiger partial charge in [-0.3, -0.25) is 9.59 Å². The summed E-state index contributed by atoms with van der Waals surface area (Å²) in [6, 6.07) is 1.38. The Bertz CT molecular complexity index is 511. The van der Waals surface area contributed by atoms with Crippen molar-refractivity contribution in [1.29, 1.82) is 0 Å². The predicted octanol–water partition coefficient (Wildman–Crippen LogP) is 1.38. The van der Waals surface area contributed by atoms with Gasteiger partial charge in [0.25, 0.3) is 5.56 Å². The van der Waals surface area contributed by atoms with E-state index in [1.807, 2.05) is 0 Å². The Kier molecular flexibility index (Phi) is 5.60. The van der Waals surface area contributed by atoms with Crippen molar-refractivity contribution >= 4 is 17.7 Å². The molecule has 110 valence electrons. The van der Waals surface area contributed by atoms with E-state index in [-0.39, 0.29) is 11.3 Å². The maximum Gasteiger partial charge on any atom is 0.313 e. The molecule has 0 aromatic carbocycles. The number of ether oxygens (including phenoxy) is 1. The van der Waals surface area contributed by atoms with E-state index in [1.54, 1.807) is 10.8 Å². The summed E-state index contributed by atoms with van der Waals surface area (Å²) in [5.41, 5.74) is -0.356.